The second kappa shape index (κ2) is 9.24. The highest BCUT2D eigenvalue weighted by Crippen LogP contribution is 2.25. The number of pyridine rings is 1. The van der Waals surface area contributed by atoms with Gasteiger partial charge in [0.1, 0.15) is 11.4 Å². The number of hydrogen-bond donors (Lipinski definition) is 1. The van der Waals surface area contributed by atoms with Gasteiger partial charge in [0.2, 0.25) is 15.9 Å². The fraction of sp³-hybridized carbons (Fsp3) is 0.625. The fourth-order valence-electron chi connectivity index (χ4n) is 2.59. The zero-order chi connectivity index (χ0) is 20.1. The van der Waals surface area contributed by atoms with Gasteiger partial charge in [0.25, 0.3) is 0 Å². The maximum atomic E-state index is 12.7. The van der Waals surface area contributed by atoms with Crippen molar-refractivity contribution < 1.29 is 26.4 Å². The minimum Gasteiger partial charge on any atom is -0.346 e. The molecule has 11 heteroatoms. The molecule has 1 atom stereocenters. The number of aromatic nitrogens is 1. The van der Waals surface area contributed by atoms with E-state index >= 15 is 0 Å². The van der Waals surface area contributed by atoms with Gasteiger partial charge in [-0.2, -0.15) is 17.5 Å². The number of nitrogens with one attached hydrogen (secondary N) is 1. The van der Waals surface area contributed by atoms with Crippen LogP contribution in [0.3, 0.4) is 0 Å². The highest BCUT2D eigenvalue weighted by molar-refractivity contribution is 8.00. The van der Waals surface area contributed by atoms with Crippen LogP contribution in [0, 0.1) is 0 Å². The molecule has 6 nitrogen and oxygen atoms in total. The molecule has 2 rings (SSSR count). The minimum atomic E-state index is -4.47. The molecule has 0 unspecified atom stereocenters. The molecule has 1 aromatic rings. The van der Waals surface area contributed by atoms with Crippen LogP contribution < -0.4 is 5.32 Å². The summed E-state index contributed by atoms with van der Waals surface area (Å²) in [6.45, 7) is 1.03. The summed E-state index contributed by atoms with van der Waals surface area (Å²) < 4.78 is 63.2. The lowest BCUT2D eigenvalue weighted by atomic mass is 10.2. The van der Waals surface area contributed by atoms with Crippen molar-refractivity contribution in [1.82, 2.24) is 14.6 Å². The third-order valence-electron chi connectivity index (χ3n) is 4.04. The van der Waals surface area contributed by atoms with Gasteiger partial charge in [-0.25, -0.2) is 13.4 Å². The second-order valence-corrected chi connectivity index (χ2v) is 9.54. The highest BCUT2D eigenvalue weighted by Gasteiger charge is 2.29. The summed E-state index contributed by atoms with van der Waals surface area (Å²) in [4.78, 5) is 15.8. The normalized spacial score (nSPS) is 17.9. The largest absolute Gasteiger partial charge is 0.405 e. The maximum Gasteiger partial charge on any atom is 0.405 e. The molecule has 1 aliphatic rings. The Balaban J connectivity index is 1.98. The molecule has 0 spiro atoms. The molecule has 1 amide bonds. The predicted molar refractivity (Wildman–Crippen MR) is 95.8 cm³/mol. The molecule has 152 valence electrons. The summed E-state index contributed by atoms with van der Waals surface area (Å²) >= 11 is 0.962. The van der Waals surface area contributed by atoms with Crippen LogP contribution in [0.1, 0.15) is 32.6 Å². The van der Waals surface area contributed by atoms with Gasteiger partial charge < -0.3 is 5.32 Å². The molecular formula is C16H22F3N3O3S2. The summed E-state index contributed by atoms with van der Waals surface area (Å²) in [5, 5.41) is 1.37. The monoisotopic (exact) mass is 425 g/mol. The van der Waals surface area contributed by atoms with E-state index in [0.29, 0.717) is 18.1 Å². The average molecular weight is 425 g/mol. The first-order valence-corrected chi connectivity index (χ1v) is 10.9. The van der Waals surface area contributed by atoms with E-state index in [1.807, 2.05) is 5.32 Å². The predicted octanol–water partition coefficient (Wildman–Crippen LogP) is 2.81. The van der Waals surface area contributed by atoms with Crippen LogP contribution in [0.2, 0.25) is 0 Å². The standard InChI is InChI=1S/C16H22F3N3O3S2/c1-12(15(23)21-11-16(17,18)19)26-14-7-6-13(10-20-14)27(24,25)22-8-4-2-3-5-9-22/h6-7,10,12H,2-5,8-9,11H2,1H3,(H,21,23)/t12-/m1/s1. The van der Waals surface area contributed by atoms with E-state index in [0.717, 1.165) is 37.4 Å². The van der Waals surface area contributed by atoms with Crippen molar-refractivity contribution in [1.29, 1.82) is 0 Å². The highest BCUT2D eigenvalue weighted by atomic mass is 32.2. The van der Waals surface area contributed by atoms with E-state index in [2.05, 4.69) is 4.98 Å². The molecule has 1 aromatic heterocycles. The van der Waals surface area contributed by atoms with Crippen molar-refractivity contribution in [3.63, 3.8) is 0 Å². The third-order valence-corrected chi connectivity index (χ3v) is 6.97. The Kier molecular flexibility index (Phi) is 7.52. The number of thioether (sulfide) groups is 1. The fourth-order valence-corrected chi connectivity index (χ4v) is 4.86. The van der Waals surface area contributed by atoms with Crippen molar-refractivity contribution >= 4 is 27.7 Å². The number of carbonyl (C=O) groups is 1. The number of halogens is 3. The molecule has 2 heterocycles. The van der Waals surface area contributed by atoms with E-state index in [4.69, 9.17) is 0 Å². The summed E-state index contributed by atoms with van der Waals surface area (Å²) in [7, 11) is -3.61. The number of amides is 1. The summed E-state index contributed by atoms with van der Waals surface area (Å²) in [6.07, 6.45) is 0.420. The van der Waals surface area contributed by atoms with Gasteiger partial charge in [0.15, 0.2) is 0 Å². The van der Waals surface area contributed by atoms with Crippen LogP contribution in [0.15, 0.2) is 28.3 Å². The summed E-state index contributed by atoms with van der Waals surface area (Å²) in [5.74, 6) is -0.764. The van der Waals surface area contributed by atoms with Crippen molar-refractivity contribution in [2.24, 2.45) is 0 Å². The molecule has 0 aromatic carbocycles. The molecule has 1 aliphatic heterocycles. The van der Waals surface area contributed by atoms with Crippen molar-refractivity contribution in [3.8, 4) is 0 Å². The van der Waals surface area contributed by atoms with Gasteiger partial charge in [-0.15, -0.1) is 0 Å². The molecule has 0 radical (unpaired) electrons. The summed E-state index contributed by atoms with van der Waals surface area (Å²) in [5.41, 5.74) is 0. The smallest absolute Gasteiger partial charge is 0.346 e. The quantitative estimate of drug-likeness (QED) is 0.709. The van der Waals surface area contributed by atoms with Gasteiger partial charge in [-0.1, -0.05) is 24.6 Å². The van der Waals surface area contributed by atoms with E-state index in [9.17, 15) is 26.4 Å². The molecule has 0 aliphatic carbocycles. The first-order valence-electron chi connectivity index (χ1n) is 8.57. The Morgan fingerprint density at radius 2 is 1.89 bits per heavy atom. The molecule has 0 bridgehead atoms. The number of alkyl halides is 3. The SMILES string of the molecule is C[C@@H](Sc1ccc(S(=O)(=O)N2CCCCCC2)cn1)C(=O)NCC(F)(F)F. The lowest BCUT2D eigenvalue weighted by Crippen LogP contribution is -2.38. The van der Waals surface area contributed by atoms with Gasteiger partial charge >= 0.3 is 6.18 Å². The van der Waals surface area contributed by atoms with Crippen LogP contribution >= 0.6 is 11.8 Å². The minimum absolute atomic E-state index is 0.0722. The van der Waals surface area contributed by atoms with Gasteiger partial charge in [0, 0.05) is 19.3 Å². The average Bonchev–Trinajstić information content (AvgIpc) is 2.89. The molecule has 1 N–H and O–H groups in total. The number of sulfonamides is 1. The van der Waals surface area contributed by atoms with E-state index in [1.165, 1.54) is 29.6 Å². The topological polar surface area (TPSA) is 79.4 Å². The first kappa shape index (κ1) is 22.0. The Morgan fingerprint density at radius 3 is 2.41 bits per heavy atom. The Bertz CT molecular complexity index is 732. The van der Waals surface area contributed by atoms with Gasteiger partial charge in [-0.3, -0.25) is 4.79 Å². The summed E-state index contributed by atoms with van der Waals surface area (Å²) in [6, 6.07) is 2.87. The van der Waals surface area contributed by atoms with Crippen molar-refractivity contribution in [2.75, 3.05) is 19.6 Å². The Labute approximate surface area is 161 Å². The number of rotatable bonds is 6. The molecule has 1 fully saturated rings. The molecular weight excluding hydrogens is 403 g/mol. The van der Waals surface area contributed by atoms with Crippen molar-refractivity contribution in [3.05, 3.63) is 18.3 Å². The first-order chi connectivity index (χ1) is 12.6. The van der Waals surface area contributed by atoms with Crippen molar-refractivity contribution in [2.45, 2.75) is 54.0 Å². The van der Waals surface area contributed by atoms with Crippen LogP contribution in [-0.4, -0.2) is 54.7 Å². The van der Waals surface area contributed by atoms with E-state index in [1.54, 1.807) is 0 Å². The van der Waals surface area contributed by atoms with Crippen LogP contribution in [0.4, 0.5) is 13.2 Å². The third kappa shape index (κ3) is 6.65. The van der Waals surface area contributed by atoms with Gasteiger partial charge in [0.05, 0.1) is 10.3 Å². The zero-order valence-corrected chi connectivity index (χ0v) is 16.5. The van der Waals surface area contributed by atoms with E-state index < -0.39 is 33.9 Å². The van der Waals surface area contributed by atoms with Crippen LogP contribution in [0.5, 0.6) is 0 Å². The van der Waals surface area contributed by atoms with Crippen LogP contribution in [-0.2, 0) is 14.8 Å². The Morgan fingerprint density at radius 1 is 1.26 bits per heavy atom. The maximum absolute atomic E-state index is 12.7. The van der Waals surface area contributed by atoms with E-state index in [-0.39, 0.29) is 4.90 Å². The Hall–Kier alpha value is -1.33. The zero-order valence-electron chi connectivity index (χ0n) is 14.8. The van der Waals surface area contributed by atoms with Crippen LogP contribution in [0.25, 0.3) is 0 Å². The second-order valence-electron chi connectivity index (χ2n) is 6.24. The lowest BCUT2D eigenvalue weighted by molar-refractivity contribution is -0.137. The number of nitrogens with zero attached hydrogens (tertiary/aromatic N) is 2. The molecule has 1 saturated heterocycles. The number of carbonyl (C=O) groups excluding carboxylic acids is 1. The van der Waals surface area contributed by atoms with Gasteiger partial charge in [-0.05, 0) is 31.9 Å². The molecule has 27 heavy (non-hydrogen) atoms. The number of hydrogen-bond acceptors (Lipinski definition) is 5. The lowest BCUT2D eigenvalue weighted by Gasteiger charge is -2.19. The molecule has 0 saturated carbocycles.